The molecule has 2 heterocycles. The first kappa shape index (κ1) is 23.2. The van der Waals surface area contributed by atoms with Gasteiger partial charge in [0.05, 0.1) is 6.04 Å². The molecule has 1 aliphatic rings. The van der Waals surface area contributed by atoms with E-state index in [4.69, 9.17) is 9.84 Å². The van der Waals surface area contributed by atoms with Crippen LogP contribution in [0, 0.1) is 11.6 Å². The average Bonchev–Trinajstić information content (AvgIpc) is 2.98. The van der Waals surface area contributed by atoms with Crippen LogP contribution in [0.3, 0.4) is 0 Å². The smallest absolute Gasteiger partial charge is 0.408 e. The van der Waals surface area contributed by atoms with Crippen LogP contribution in [-0.2, 0) is 17.7 Å². The molecular formula is C23H31F2N3O3. The number of unbranched alkanes of at least 4 members (excludes halogenated alkanes) is 1. The number of alkyl carbamates (subject to hydrolysis) is 1. The monoisotopic (exact) mass is 435 g/mol. The van der Waals surface area contributed by atoms with E-state index in [1.807, 2.05) is 4.57 Å². The summed E-state index contributed by atoms with van der Waals surface area (Å²) in [6, 6.07) is 3.85. The maximum atomic E-state index is 14.5. The van der Waals surface area contributed by atoms with Crippen LogP contribution in [0.25, 0.3) is 0 Å². The third-order valence-electron chi connectivity index (χ3n) is 5.44. The number of ether oxygens (including phenoxy) is 1. The van der Waals surface area contributed by atoms with Crippen LogP contribution in [0.1, 0.15) is 75.5 Å². The predicted molar refractivity (Wildman–Crippen MR) is 113 cm³/mol. The van der Waals surface area contributed by atoms with Gasteiger partial charge >= 0.3 is 6.09 Å². The highest BCUT2D eigenvalue weighted by Gasteiger charge is 2.31. The summed E-state index contributed by atoms with van der Waals surface area (Å²) in [5, 5.41) is 12.0. The summed E-state index contributed by atoms with van der Waals surface area (Å²) in [7, 11) is 0. The maximum absolute atomic E-state index is 14.5. The van der Waals surface area contributed by atoms with Crippen molar-refractivity contribution in [2.75, 3.05) is 6.61 Å². The fraction of sp³-hybridized carbons (Fsp3) is 0.565. The molecule has 0 radical (unpaired) electrons. The molecule has 0 fully saturated rings. The van der Waals surface area contributed by atoms with E-state index in [2.05, 4.69) is 10.3 Å². The topological polar surface area (TPSA) is 76.4 Å². The van der Waals surface area contributed by atoms with Gasteiger partial charge in [-0.2, -0.15) is 0 Å². The molecule has 1 aromatic carbocycles. The number of benzene rings is 1. The molecule has 0 saturated carbocycles. The minimum atomic E-state index is -0.862. The van der Waals surface area contributed by atoms with Gasteiger partial charge in [-0.05, 0) is 64.5 Å². The first-order chi connectivity index (χ1) is 14.7. The number of hydrogen-bond donors (Lipinski definition) is 2. The fourth-order valence-electron chi connectivity index (χ4n) is 4.02. The Morgan fingerprint density at radius 2 is 2.06 bits per heavy atom. The molecule has 8 heteroatoms. The Labute approximate surface area is 181 Å². The molecule has 31 heavy (non-hydrogen) atoms. The molecule has 2 N–H and O–H groups in total. The summed E-state index contributed by atoms with van der Waals surface area (Å²) in [4.78, 5) is 17.0. The van der Waals surface area contributed by atoms with Gasteiger partial charge in [0.1, 0.15) is 11.4 Å². The van der Waals surface area contributed by atoms with Gasteiger partial charge < -0.3 is 19.7 Å². The van der Waals surface area contributed by atoms with E-state index in [-0.39, 0.29) is 12.5 Å². The molecule has 2 atom stereocenters. The second-order valence-corrected chi connectivity index (χ2v) is 9.02. The van der Waals surface area contributed by atoms with Crippen molar-refractivity contribution in [3.05, 3.63) is 53.1 Å². The number of halogens is 2. The lowest BCUT2D eigenvalue weighted by Crippen LogP contribution is -2.35. The molecule has 1 aliphatic heterocycles. The van der Waals surface area contributed by atoms with E-state index in [1.165, 1.54) is 6.07 Å². The molecule has 0 spiro atoms. The van der Waals surface area contributed by atoms with Crippen LogP contribution in [0.15, 0.2) is 24.4 Å². The van der Waals surface area contributed by atoms with Crippen molar-refractivity contribution in [2.24, 2.45) is 0 Å². The van der Waals surface area contributed by atoms with Crippen LogP contribution in [-0.4, -0.2) is 33.0 Å². The minimum Gasteiger partial charge on any atom is -0.444 e. The molecule has 6 nitrogen and oxygen atoms in total. The molecule has 0 unspecified atom stereocenters. The van der Waals surface area contributed by atoms with Gasteiger partial charge in [0.15, 0.2) is 11.6 Å². The molecule has 1 aromatic heterocycles. The van der Waals surface area contributed by atoms with Gasteiger partial charge in [-0.3, -0.25) is 0 Å². The van der Waals surface area contributed by atoms with Crippen LogP contribution >= 0.6 is 0 Å². The van der Waals surface area contributed by atoms with E-state index >= 15 is 0 Å². The van der Waals surface area contributed by atoms with Gasteiger partial charge in [0.25, 0.3) is 0 Å². The van der Waals surface area contributed by atoms with E-state index in [0.717, 1.165) is 18.2 Å². The van der Waals surface area contributed by atoms with Gasteiger partial charge in [-0.15, -0.1) is 0 Å². The molecule has 170 valence electrons. The highest BCUT2D eigenvalue weighted by molar-refractivity contribution is 5.68. The molecule has 3 rings (SSSR count). The normalized spacial score (nSPS) is 18.9. The van der Waals surface area contributed by atoms with Gasteiger partial charge in [-0.1, -0.05) is 12.1 Å². The second kappa shape index (κ2) is 9.77. The third kappa shape index (κ3) is 5.81. The highest BCUT2D eigenvalue weighted by atomic mass is 19.2. The fourth-order valence-corrected chi connectivity index (χ4v) is 4.02. The van der Waals surface area contributed by atoms with Crippen LogP contribution in [0.5, 0.6) is 0 Å². The minimum absolute atomic E-state index is 0.112. The van der Waals surface area contributed by atoms with Crippen LogP contribution in [0.2, 0.25) is 0 Å². The van der Waals surface area contributed by atoms with Crippen molar-refractivity contribution in [2.45, 2.75) is 77.0 Å². The quantitative estimate of drug-likeness (QED) is 0.649. The van der Waals surface area contributed by atoms with Gasteiger partial charge in [0.2, 0.25) is 0 Å². The Balaban J connectivity index is 1.90. The van der Waals surface area contributed by atoms with Crippen molar-refractivity contribution in [1.82, 2.24) is 14.9 Å². The first-order valence-electron chi connectivity index (χ1n) is 10.8. The maximum Gasteiger partial charge on any atom is 0.408 e. The number of imidazole rings is 1. The molecule has 0 saturated heterocycles. The van der Waals surface area contributed by atoms with Crippen molar-refractivity contribution in [3.8, 4) is 0 Å². The van der Waals surface area contributed by atoms with E-state index in [0.29, 0.717) is 43.6 Å². The number of carbonyl (C=O) groups excluding carboxylic acids is 1. The van der Waals surface area contributed by atoms with Crippen LogP contribution < -0.4 is 5.32 Å². The zero-order valence-corrected chi connectivity index (χ0v) is 18.3. The van der Waals surface area contributed by atoms with Crippen molar-refractivity contribution >= 4 is 6.09 Å². The second-order valence-electron chi connectivity index (χ2n) is 9.02. The van der Waals surface area contributed by atoms with Gasteiger partial charge in [-0.25, -0.2) is 18.6 Å². The number of nitrogens with one attached hydrogen (secondary N) is 1. The van der Waals surface area contributed by atoms with Crippen molar-refractivity contribution < 1.29 is 23.4 Å². The lowest BCUT2D eigenvalue weighted by Gasteiger charge is -2.23. The zero-order valence-electron chi connectivity index (χ0n) is 18.3. The van der Waals surface area contributed by atoms with E-state index in [9.17, 15) is 13.6 Å². The number of aryl methyl sites for hydroxylation is 1. The summed E-state index contributed by atoms with van der Waals surface area (Å²) in [6.07, 6.45) is 4.45. The predicted octanol–water partition coefficient (Wildman–Crippen LogP) is 4.62. The number of nitrogens with zero attached hydrogens (tertiary/aromatic N) is 2. The first-order valence-corrected chi connectivity index (χ1v) is 10.8. The Bertz CT molecular complexity index is 908. The van der Waals surface area contributed by atoms with Crippen molar-refractivity contribution in [1.29, 1.82) is 0 Å². The summed E-state index contributed by atoms with van der Waals surface area (Å²) >= 11 is 0. The molecule has 0 aliphatic carbocycles. The number of aliphatic hydroxyl groups is 1. The molecule has 0 bridgehead atoms. The number of aliphatic hydroxyl groups excluding tert-OH is 1. The highest BCUT2D eigenvalue weighted by Crippen LogP contribution is 2.35. The largest absolute Gasteiger partial charge is 0.444 e. The number of fused-ring (bicyclic) bond motifs is 1. The summed E-state index contributed by atoms with van der Waals surface area (Å²) in [5.41, 5.74) is 0.648. The van der Waals surface area contributed by atoms with E-state index in [1.54, 1.807) is 33.0 Å². The Morgan fingerprint density at radius 1 is 1.29 bits per heavy atom. The molecular weight excluding hydrogens is 404 g/mol. The van der Waals surface area contributed by atoms with Crippen LogP contribution in [0.4, 0.5) is 13.6 Å². The number of amides is 1. The number of aromatic nitrogens is 2. The molecule has 2 aromatic rings. The van der Waals surface area contributed by atoms with Gasteiger partial charge in [0, 0.05) is 31.0 Å². The molecule has 1 amide bonds. The Kier molecular flexibility index (Phi) is 7.30. The summed E-state index contributed by atoms with van der Waals surface area (Å²) < 4.78 is 35.8. The Hall–Kier alpha value is -2.48. The zero-order chi connectivity index (χ0) is 22.6. The average molecular weight is 436 g/mol. The summed E-state index contributed by atoms with van der Waals surface area (Å²) in [6.45, 7) is 5.94. The summed E-state index contributed by atoms with van der Waals surface area (Å²) in [5.74, 6) is -1.26. The Morgan fingerprint density at radius 3 is 2.77 bits per heavy atom. The number of rotatable bonds is 6. The lowest BCUT2D eigenvalue weighted by molar-refractivity contribution is 0.0498. The third-order valence-corrected chi connectivity index (χ3v) is 5.44. The number of hydrogen-bond acceptors (Lipinski definition) is 4. The lowest BCUT2D eigenvalue weighted by atomic mass is 9.92. The standard InChI is InChI=1S/C23H31F2N3O3/c1-23(2,3)31-22(30)27-19-11-10-15(17-8-6-9-18(24)20(17)25)14-28-16(7-4-5-12-29)13-26-21(19)28/h6,8-9,13,15,19,29H,4-5,7,10-12,14H2,1-3H3,(H,27,30)/t15-,19-/m1/s1. The SMILES string of the molecule is CC(C)(C)OC(=O)N[C@@H]1CC[C@@H](c2cccc(F)c2F)Cn2c(CCCCO)cnc21. The van der Waals surface area contributed by atoms with Crippen molar-refractivity contribution in [3.63, 3.8) is 0 Å². The number of carbonyl (C=O) groups is 1. The van der Waals surface area contributed by atoms with E-state index < -0.39 is 29.4 Å².